The van der Waals surface area contributed by atoms with E-state index in [0.717, 1.165) is 18.9 Å². The van der Waals surface area contributed by atoms with Gasteiger partial charge in [-0.05, 0) is 62.2 Å². The SMILES string of the molecule is CCC1CCCCN1CCNC(=O)c1ccc(NC(=O)C2CN(c3cccnn3)C2)cc1. The summed E-state index contributed by atoms with van der Waals surface area (Å²) in [6, 6.07) is 11.4. The number of anilines is 2. The van der Waals surface area contributed by atoms with Gasteiger partial charge in [-0.2, -0.15) is 5.10 Å². The number of rotatable bonds is 8. The molecule has 0 bridgehead atoms. The largest absolute Gasteiger partial charge is 0.353 e. The first-order valence-corrected chi connectivity index (χ1v) is 11.6. The lowest BCUT2D eigenvalue weighted by Crippen LogP contribution is -2.52. The van der Waals surface area contributed by atoms with Crippen molar-refractivity contribution in [3.05, 3.63) is 48.2 Å². The van der Waals surface area contributed by atoms with Crippen molar-refractivity contribution in [2.75, 3.05) is 42.9 Å². The molecule has 1 aromatic carbocycles. The Balaban J connectivity index is 1.20. The number of hydrogen-bond donors (Lipinski definition) is 2. The molecule has 2 aromatic rings. The van der Waals surface area contributed by atoms with Crippen molar-refractivity contribution < 1.29 is 9.59 Å². The average molecular weight is 437 g/mol. The number of carbonyl (C=O) groups is 2. The van der Waals surface area contributed by atoms with Gasteiger partial charge >= 0.3 is 0 Å². The van der Waals surface area contributed by atoms with Gasteiger partial charge < -0.3 is 15.5 Å². The Hall–Kier alpha value is -3.00. The first-order valence-electron chi connectivity index (χ1n) is 11.6. The Bertz CT molecular complexity index is 898. The van der Waals surface area contributed by atoms with Crippen LogP contribution in [0.25, 0.3) is 0 Å². The van der Waals surface area contributed by atoms with E-state index >= 15 is 0 Å². The smallest absolute Gasteiger partial charge is 0.251 e. The van der Waals surface area contributed by atoms with Crippen LogP contribution in [0.3, 0.4) is 0 Å². The molecule has 32 heavy (non-hydrogen) atoms. The van der Waals surface area contributed by atoms with Crippen LogP contribution in [0, 0.1) is 5.92 Å². The number of nitrogens with zero attached hydrogens (tertiary/aromatic N) is 4. The average Bonchev–Trinajstić information content (AvgIpc) is 2.79. The van der Waals surface area contributed by atoms with Gasteiger partial charge in [-0.25, -0.2) is 0 Å². The molecule has 0 saturated carbocycles. The van der Waals surface area contributed by atoms with Crippen LogP contribution >= 0.6 is 0 Å². The fourth-order valence-corrected chi connectivity index (χ4v) is 4.47. The van der Waals surface area contributed by atoms with Crippen molar-refractivity contribution in [1.82, 2.24) is 20.4 Å². The second-order valence-electron chi connectivity index (χ2n) is 8.60. The molecule has 2 aliphatic rings. The zero-order valence-corrected chi connectivity index (χ0v) is 18.7. The topological polar surface area (TPSA) is 90.5 Å². The molecule has 8 nitrogen and oxygen atoms in total. The maximum Gasteiger partial charge on any atom is 0.251 e. The minimum absolute atomic E-state index is 0.0191. The van der Waals surface area contributed by atoms with E-state index in [2.05, 4.69) is 32.7 Å². The first-order chi connectivity index (χ1) is 15.6. The molecular formula is C24H32N6O2. The molecule has 0 spiro atoms. The summed E-state index contributed by atoms with van der Waals surface area (Å²) in [5.41, 5.74) is 1.30. The molecule has 2 aliphatic heterocycles. The first kappa shape index (κ1) is 22.2. The number of piperidine rings is 1. The van der Waals surface area contributed by atoms with E-state index in [1.807, 2.05) is 17.0 Å². The molecule has 170 valence electrons. The Kier molecular flexibility index (Phi) is 7.32. The minimum atomic E-state index is -0.0817. The van der Waals surface area contributed by atoms with Gasteiger partial charge in [-0.3, -0.25) is 14.5 Å². The lowest BCUT2D eigenvalue weighted by atomic mass is 9.99. The number of hydrogen-bond acceptors (Lipinski definition) is 6. The molecule has 2 amide bonds. The van der Waals surface area contributed by atoms with Gasteiger partial charge in [0.05, 0.1) is 5.92 Å². The van der Waals surface area contributed by atoms with Gasteiger partial charge in [0.1, 0.15) is 0 Å². The number of amides is 2. The Labute approximate surface area is 189 Å². The predicted octanol–water partition coefficient (Wildman–Crippen LogP) is 2.55. The summed E-state index contributed by atoms with van der Waals surface area (Å²) in [5, 5.41) is 13.9. The number of likely N-dealkylation sites (tertiary alicyclic amines) is 1. The third-order valence-corrected chi connectivity index (χ3v) is 6.45. The van der Waals surface area contributed by atoms with Crippen LogP contribution in [-0.4, -0.2) is 65.7 Å². The van der Waals surface area contributed by atoms with Crippen LogP contribution in [0.4, 0.5) is 11.5 Å². The summed E-state index contributed by atoms with van der Waals surface area (Å²) in [6.45, 7) is 6.16. The predicted molar refractivity (Wildman–Crippen MR) is 125 cm³/mol. The van der Waals surface area contributed by atoms with E-state index in [9.17, 15) is 9.59 Å². The Morgan fingerprint density at radius 3 is 2.66 bits per heavy atom. The van der Waals surface area contributed by atoms with Gasteiger partial charge in [0.15, 0.2) is 5.82 Å². The van der Waals surface area contributed by atoms with E-state index in [0.29, 0.717) is 36.9 Å². The summed E-state index contributed by atoms with van der Waals surface area (Å²) in [5.74, 6) is 0.611. The van der Waals surface area contributed by atoms with Crippen LogP contribution in [-0.2, 0) is 4.79 Å². The highest BCUT2D eigenvalue weighted by molar-refractivity contribution is 5.97. The highest BCUT2D eigenvalue weighted by atomic mass is 16.2. The summed E-state index contributed by atoms with van der Waals surface area (Å²) in [4.78, 5) is 29.5. The lowest BCUT2D eigenvalue weighted by molar-refractivity contribution is -0.120. The molecule has 2 saturated heterocycles. The van der Waals surface area contributed by atoms with Gasteiger partial charge in [-0.15, -0.1) is 5.10 Å². The van der Waals surface area contributed by atoms with Crippen molar-refractivity contribution in [3.8, 4) is 0 Å². The number of nitrogens with one attached hydrogen (secondary N) is 2. The molecule has 1 unspecified atom stereocenters. The second kappa shape index (κ2) is 10.5. The molecule has 1 aromatic heterocycles. The van der Waals surface area contributed by atoms with Crippen molar-refractivity contribution in [3.63, 3.8) is 0 Å². The van der Waals surface area contributed by atoms with Crippen LogP contribution in [0.15, 0.2) is 42.6 Å². The molecule has 0 radical (unpaired) electrons. The van der Waals surface area contributed by atoms with Crippen LogP contribution in [0.1, 0.15) is 43.0 Å². The maximum absolute atomic E-state index is 12.5. The number of aromatic nitrogens is 2. The molecule has 3 heterocycles. The van der Waals surface area contributed by atoms with Crippen molar-refractivity contribution in [2.45, 2.75) is 38.6 Å². The fourth-order valence-electron chi connectivity index (χ4n) is 4.47. The van der Waals surface area contributed by atoms with E-state index in [1.165, 1.54) is 25.7 Å². The van der Waals surface area contributed by atoms with Crippen molar-refractivity contribution in [2.24, 2.45) is 5.92 Å². The normalized spacial score (nSPS) is 19.3. The molecular weight excluding hydrogens is 404 g/mol. The highest BCUT2D eigenvalue weighted by Crippen LogP contribution is 2.23. The fraction of sp³-hybridized carbons (Fsp3) is 0.500. The quantitative estimate of drug-likeness (QED) is 0.661. The zero-order chi connectivity index (χ0) is 22.3. The highest BCUT2D eigenvalue weighted by Gasteiger charge is 2.33. The third-order valence-electron chi connectivity index (χ3n) is 6.45. The summed E-state index contributed by atoms with van der Waals surface area (Å²) >= 11 is 0. The zero-order valence-electron chi connectivity index (χ0n) is 18.7. The van der Waals surface area contributed by atoms with E-state index < -0.39 is 0 Å². The summed E-state index contributed by atoms with van der Waals surface area (Å²) in [7, 11) is 0. The van der Waals surface area contributed by atoms with Crippen LogP contribution < -0.4 is 15.5 Å². The maximum atomic E-state index is 12.5. The number of benzene rings is 1. The number of carbonyl (C=O) groups excluding carboxylic acids is 2. The van der Waals surface area contributed by atoms with Crippen LogP contribution in [0.2, 0.25) is 0 Å². The van der Waals surface area contributed by atoms with E-state index in [1.54, 1.807) is 30.5 Å². The second-order valence-corrected chi connectivity index (χ2v) is 8.60. The standard InChI is InChI=1S/C24H32N6O2/c1-2-21-6-3-4-14-29(21)15-13-25-23(31)18-8-10-20(11-9-18)27-24(32)19-16-30(17-19)22-7-5-12-26-28-22/h5,7-12,19,21H,2-4,6,13-17H2,1H3,(H,25,31)(H,27,32). The molecule has 4 rings (SSSR count). The third kappa shape index (κ3) is 5.43. The minimum Gasteiger partial charge on any atom is -0.353 e. The van der Waals surface area contributed by atoms with Crippen molar-refractivity contribution in [1.29, 1.82) is 0 Å². The van der Waals surface area contributed by atoms with E-state index in [-0.39, 0.29) is 17.7 Å². The summed E-state index contributed by atoms with van der Waals surface area (Å²) in [6.07, 6.45) is 6.62. The molecule has 0 aliphatic carbocycles. The van der Waals surface area contributed by atoms with Gasteiger partial charge in [0, 0.05) is 49.7 Å². The molecule has 2 fully saturated rings. The van der Waals surface area contributed by atoms with E-state index in [4.69, 9.17) is 0 Å². The molecule has 2 N–H and O–H groups in total. The van der Waals surface area contributed by atoms with Gasteiger partial charge in [0.25, 0.3) is 5.91 Å². The monoisotopic (exact) mass is 436 g/mol. The summed E-state index contributed by atoms with van der Waals surface area (Å²) < 4.78 is 0. The van der Waals surface area contributed by atoms with Gasteiger partial charge in [-0.1, -0.05) is 13.3 Å². The Morgan fingerprint density at radius 1 is 1.12 bits per heavy atom. The van der Waals surface area contributed by atoms with Crippen molar-refractivity contribution >= 4 is 23.3 Å². The lowest BCUT2D eigenvalue weighted by Gasteiger charge is -2.38. The van der Waals surface area contributed by atoms with Gasteiger partial charge in [0.2, 0.25) is 5.91 Å². The molecule has 1 atom stereocenters. The van der Waals surface area contributed by atoms with Crippen LogP contribution in [0.5, 0.6) is 0 Å². The Morgan fingerprint density at radius 2 is 1.94 bits per heavy atom. The molecule has 8 heteroatoms.